The largest absolute Gasteiger partial charge is 0.492 e. The summed E-state index contributed by atoms with van der Waals surface area (Å²) in [6, 6.07) is 6.34. The van der Waals surface area contributed by atoms with Crippen molar-refractivity contribution in [3.05, 3.63) is 28.2 Å². The number of halogens is 1. The molecular weight excluding hydrogens is 314 g/mol. The molecule has 1 atom stereocenters. The van der Waals surface area contributed by atoms with Crippen LogP contribution in [0.3, 0.4) is 0 Å². The monoisotopic (exact) mass is 341 g/mol. The molecule has 0 aliphatic carbocycles. The van der Waals surface area contributed by atoms with E-state index < -0.39 is 0 Å². The summed E-state index contributed by atoms with van der Waals surface area (Å²) in [5.74, 6) is 0.908. The third kappa shape index (κ3) is 6.27. The van der Waals surface area contributed by atoms with Gasteiger partial charge in [-0.3, -0.25) is 0 Å². The van der Waals surface area contributed by atoms with Crippen molar-refractivity contribution in [1.29, 1.82) is 0 Å². The Balaban J connectivity index is 2.43. The molecular formula is C17H28BrNO. The van der Waals surface area contributed by atoms with Crippen molar-refractivity contribution in [2.75, 3.05) is 6.61 Å². The predicted octanol–water partition coefficient (Wildman–Crippen LogP) is 5.60. The van der Waals surface area contributed by atoms with E-state index in [1.54, 1.807) is 0 Å². The molecule has 1 aromatic carbocycles. The molecule has 0 saturated carbocycles. The van der Waals surface area contributed by atoms with Crippen LogP contribution in [0.5, 0.6) is 5.75 Å². The molecule has 0 spiro atoms. The van der Waals surface area contributed by atoms with Gasteiger partial charge in [0, 0.05) is 6.04 Å². The highest BCUT2D eigenvalue weighted by molar-refractivity contribution is 9.10. The van der Waals surface area contributed by atoms with Gasteiger partial charge in [-0.15, -0.1) is 0 Å². The normalized spacial score (nSPS) is 12.4. The molecule has 0 aliphatic rings. The summed E-state index contributed by atoms with van der Waals surface area (Å²) in [6.07, 6.45) is 8.54. The zero-order chi connectivity index (χ0) is 14.8. The fourth-order valence-electron chi connectivity index (χ4n) is 2.21. The van der Waals surface area contributed by atoms with E-state index in [-0.39, 0.29) is 6.04 Å². The number of benzene rings is 1. The SMILES string of the molecule is CCCCCCCC(N)c1ccc(OCCC)c(Br)c1. The molecule has 0 fully saturated rings. The Morgan fingerprint density at radius 3 is 2.50 bits per heavy atom. The highest BCUT2D eigenvalue weighted by atomic mass is 79.9. The lowest BCUT2D eigenvalue weighted by atomic mass is 10.0. The summed E-state index contributed by atoms with van der Waals surface area (Å²) in [4.78, 5) is 0. The Morgan fingerprint density at radius 1 is 1.10 bits per heavy atom. The van der Waals surface area contributed by atoms with Crippen molar-refractivity contribution < 1.29 is 4.74 Å². The lowest BCUT2D eigenvalue weighted by Crippen LogP contribution is -2.10. The molecule has 3 heteroatoms. The standard InChI is InChI=1S/C17H28BrNO/c1-3-5-6-7-8-9-16(19)14-10-11-17(15(18)13-14)20-12-4-2/h10-11,13,16H,3-9,12,19H2,1-2H3. The molecule has 2 nitrogen and oxygen atoms in total. The number of rotatable bonds is 10. The van der Waals surface area contributed by atoms with Gasteiger partial charge in [0.15, 0.2) is 0 Å². The molecule has 0 heterocycles. The molecule has 1 unspecified atom stereocenters. The number of nitrogens with two attached hydrogens (primary N) is 1. The smallest absolute Gasteiger partial charge is 0.133 e. The van der Waals surface area contributed by atoms with Gasteiger partial charge in [0.05, 0.1) is 11.1 Å². The summed E-state index contributed by atoms with van der Waals surface area (Å²) in [5, 5.41) is 0. The Hall–Kier alpha value is -0.540. The summed E-state index contributed by atoms with van der Waals surface area (Å²) < 4.78 is 6.66. The van der Waals surface area contributed by atoms with Crippen LogP contribution < -0.4 is 10.5 Å². The minimum absolute atomic E-state index is 0.133. The molecule has 0 aromatic heterocycles. The maximum absolute atomic E-state index is 6.27. The van der Waals surface area contributed by atoms with E-state index in [1.165, 1.54) is 37.7 Å². The van der Waals surface area contributed by atoms with Crippen LogP contribution in [-0.4, -0.2) is 6.61 Å². The van der Waals surface area contributed by atoms with Crippen LogP contribution in [0.25, 0.3) is 0 Å². The van der Waals surface area contributed by atoms with Crippen LogP contribution in [-0.2, 0) is 0 Å². The Morgan fingerprint density at radius 2 is 1.85 bits per heavy atom. The maximum atomic E-state index is 6.27. The van der Waals surface area contributed by atoms with E-state index in [1.807, 2.05) is 6.07 Å². The number of ether oxygens (including phenoxy) is 1. The van der Waals surface area contributed by atoms with Crippen LogP contribution in [0, 0.1) is 0 Å². The molecule has 1 aromatic rings. The minimum atomic E-state index is 0.133. The van der Waals surface area contributed by atoms with Crippen LogP contribution in [0.4, 0.5) is 0 Å². The minimum Gasteiger partial charge on any atom is -0.492 e. The topological polar surface area (TPSA) is 35.2 Å². The lowest BCUT2D eigenvalue weighted by Gasteiger charge is -2.14. The third-order valence-electron chi connectivity index (χ3n) is 3.46. The quantitative estimate of drug-likeness (QED) is 0.562. The van der Waals surface area contributed by atoms with Crippen LogP contribution in [0.1, 0.15) is 70.4 Å². The predicted molar refractivity (Wildman–Crippen MR) is 90.2 cm³/mol. The van der Waals surface area contributed by atoms with Gasteiger partial charge in [-0.05, 0) is 46.5 Å². The number of hydrogen-bond donors (Lipinski definition) is 1. The highest BCUT2D eigenvalue weighted by Crippen LogP contribution is 2.29. The van der Waals surface area contributed by atoms with Gasteiger partial charge in [0.25, 0.3) is 0 Å². The second kappa shape index (κ2) is 10.2. The zero-order valence-electron chi connectivity index (χ0n) is 12.8. The van der Waals surface area contributed by atoms with Crippen molar-refractivity contribution in [3.8, 4) is 5.75 Å². The van der Waals surface area contributed by atoms with E-state index in [0.29, 0.717) is 0 Å². The van der Waals surface area contributed by atoms with Gasteiger partial charge in [-0.25, -0.2) is 0 Å². The molecule has 0 amide bonds. The van der Waals surface area contributed by atoms with Crippen molar-refractivity contribution in [3.63, 3.8) is 0 Å². The highest BCUT2D eigenvalue weighted by Gasteiger charge is 2.09. The first-order valence-corrected chi connectivity index (χ1v) is 8.66. The van der Waals surface area contributed by atoms with Gasteiger partial charge in [-0.2, -0.15) is 0 Å². The maximum Gasteiger partial charge on any atom is 0.133 e. The van der Waals surface area contributed by atoms with Gasteiger partial charge >= 0.3 is 0 Å². The fraction of sp³-hybridized carbons (Fsp3) is 0.647. The zero-order valence-corrected chi connectivity index (χ0v) is 14.4. The van der Waals surface area contributed by atoms with E-state index in [4.69, 9.17) is 10.5 Å². The van der Waals surface area contributed by atoms with Crippen molar-refractivity contribution in [2.24, 2.45) is 5.73 Å². The molecule has 114 valence electrons. The fourth-order valence-corrected chi connectivity index (χ4v) is 2.72. The Labute approximate surface area is 132 Å². The van der Waals surface area contributed by atoms with Crippen molar-refractivity contribution in [1.82, 2.24) is 0 Å². The molecule has 1 rings (SSSR count). The molecule has 0 bridgehead atoms. The van der Waals surface area contributed by atoms with Crippen LogP contribution >= 0.6 is 15.9 Å². The summed E-state index contributed by atoms with van der Waals surface area (Å²) in [7, 11) is 0. The molecule has 0 radical (unpaired) electrons. The molecule has 0 saturated heterocycles. The Bertz CT molecular complexity index is 381. The first-order chi connectivity index (χ1) is 9.69. The van der Waals surface area contributed by atoms with E-state index in [0.717, 1.165) is 29.7 Å². The summed E-state index contributed by atoms with van der Waals surface area (Å²) in [6.45, 7) is 5.10. The molecule has 20 heavy (non-hydrogen) atoms. The number of unbranched alkanes of at least 4 members (excludes halogenated alkanes) is 4. The molecule has 2 N–H and O–H groups in total. The summed E-state index contributed by atoms with van der Waals surface area (Å²) >= 11 is 3.57. The van der Waals surface area contributed by atoms with E-state index in [2.05, 4.69) is 41.9 Å². The first-order valence-electron chi connectivity index (χ1n) is 7.86. The number of hydrogen-bond acceptors (Lipinski definition) is 2. The lowest BCUT2D eigenvalue weighted by molar-refractivity contribution is 0.315. The van der Waals surface area contributed by atoms with Crippen LogP contribution in [0.2, 0.25) is 0 Å². The first kappa shape index (κ1) is 17.5. The second-order valence-corrected chi connectivity index (χ2v) is 6.20. The van der Waals surface area contributed by atoms with Crippen molar-refractivity contribution >= 4 is 15.9 Å². The third-order valence-corrected chi connectivity index (χ3v) is 4.08. The second-order valence-electron chi connectivity index (χ2n) is 5.35. The van der Waals surface area contributed by atoms with Crippen LogP contribution in [0.15, 0.2) is 22.7 Å². The van der Waals surface area contributed by atoms with Gasteiger partial charge in [0.2, 0.25) is 0 Å². The van der Waals surface area contributed by atoms with Gasteiger partial charge in [-0.1, -0.05) is 52.0 Å². The Kier molecular flexibility index (Phi) is 8.95. The molecule has 0 aliphatic heterocycles. The van der Waals surface area contributed by atoms with Gasteiger partial charge in [0.1, 0.15) is 5.75 Å². The summed E-state index contributed by atoms with van der Waals surface area (Å²) in [5.41, 5.74) is 7.46. The van der Waals surface area contributed by atoms with E-state index >= 15 is 0 Å². The average Bonchev–Trinajstić information content (AvgIpc) is 2.45. The van der Waals surface area contributed by atoms with Gasteiger partial charge < -0.3 is 10.5 Å². The van der Waals surface area contributed by atoms with E-state index in [9.17, 15) is 0 Å². The van der Waals surface area contributed by atoms with Crippen molar-refractivity contribution in [2.45, 2.75) is 64.8 Å². The average molecular weight is 342 g/mol.